The van der Waals surface area contributed by atoms with Gasteiger partial charge in [0.15, 0.2) is 22.3 Å². The van der Waals surface area contributed by atoms with E-state index in [1.165, 1.54) is 0 Å². The van der Waals surface area contributed by atoms with E-state index in [9.17, 15) is 4.79 Å². The van der Waals surface area contributed by atoms with E-state index in [4.69, 9.17) is 33.3 Å². The van der Waals surface area contributed by atoms with Crippen LogP contribution in [-0.4, -0.2) is 35.3 Å². The molecule has 2 heterocycles. The minimum Gasteiger partial charge on any atom is -0.493 e. The summed E-state index contributed by atoms with van der Waals surface area (Å²) in [7, 11) is 1.60. The SMILES string of the molecule is CCN1C(=S)N[C@@H]2c3cccc(OC)c3O[C@]1(C)[C@@H]2C(=O)Nc1ccc(Cl)cc1. The van der Waals surface area contributed by atoms with Crippen LogP contribution >= 0.6 is 23.8 Å². The quantitative estimate of drug-likeness (QED) is 0.714. The number of halogens is 1. The Morgan fingerprint density at radius 1 is 1.34 bits per heavy atom. The molecule has 8 heteroatoms. The van der Waals surface area contributed by atoms with E-state index in [1.54, 1.807) is 31.4 Å². The molecule has 1 amide bonds. The lowest BCUT2D eigenvalue weighted by Gasteiger charge is -2.56. The number of ether oxygens (including phenoxy) is 2. The zero-order chi connectivity index (χ0) is 20.8. The highest BCUT2D eigenvalue weighted by molar-refractivity contribution is 7.80. The zero-order valence-corrected chi connectivity index (χ0v) is 17.9. The highest BCUT2D eigenvalue weighted by Gasteiger charge is 2.58. The molecule has 6 nitrogen and oxygen atoms in total. The van der Waals surface area contributed by atoms with E-state index < -0.39 is 11.6 Å². The van der Waals surface area contributed by atoms with Crippen LogP contribution in [0.15, 0.2) is 42.5 Å². The minimum atomic E-state index is -0.972. The number of anilines is 1. The first-order chi connectivity index (χ1) is 13.9. The van der Waals surface area contributed by atoms with E-state index in [-0.39, 0.29) is 11.9 Å². The van der Waals surface area contributed by atoms with Gasteiger partial charge in [0, 0.05) is 22.8 Å². The lowest BCUT2D eigenvalue weighted by Crippen LogP contribution is -2.71. The van der Waals surface area contributed by atoms with Crippen molar-refractivity contribution >= 4 is 40.5 Å². The average Bonchev–Trinajstić information content (AvgIpc) is 2.69. The van der Waals surface area contributed by atoms with Crippen LogP contribution in [0.2, 0.25) is 5.02 Å². The van der Waals surface area contributed by atoms with E-state index in [2.05, 4.69) is 10.6 Å². The molecular formula is C21H22ClN3O3S. The summed E-state index contributed by atoms with van der Waals surface area (Å²) in [6.45, 7) is 4.47. The molecule has 29 heavy (non-hydrogen) atoms. The summed E-state index contributed by atoms with van der Waals surface area (Å²) < 4.78 is 12.0. The van der Waals surface area contributed by atoms with Crippen LogP contribution in [0.5, 0.6) is 11.5 Å². The number of amides is 1. The standard InChI is InChI=1S/C21H22ClN3O3S/c1-4-25-20(29)24-17-14-6-5-7-15(27-3)18(14)28-21(25,2)16(17)19(26)23-13-10-8-12(22)9-11-13/h5-11,16-17H,4H2,1-3H3,(H,23,26)(H,24,29)/t16-,17+,21+/m0/s1. The molecule has 0 radical (unpaired) electrons. The number of benzene rings is 2. The van der Waals surface area contributed by atoms with Gasteiger partial charge in [-0.25, -0.2) is 0 Å². The molecule has 2 aliphatic rings. The van der Waals surface area contributed by atoms with Gasteiger partial charge < -0.3 is 25.0 Å². The molecule has 2 N–H and O–H groups in total. The molecule has 1 saturated heterocycles. The number of hydrogen-bond donors (Lipinski definition) is 2. The number of hydrogen-bond acceptors (Lipinski definition) is 4. The molecule has 0 aliphatic carbocycles. The number of carbonyl (C=O) groups excluding carboxylic acids is 1. The van der Waals surface area contributed by atoms with E-state index >= 15 is 0 Å². The van der Waals surface area contributed by atoms with Gasteiger partial charge in [-0.3, -0.25) is 4.79 Å². The van der Waals surface area contributed by atoms with Crippen molar-refractivity contribution in [3.8, 4) is 11.5 Å². The van der Waals surface area contributed by atoms with Gasteiger partial charge in [0.1, 0.15) is 5.92 Å². The fourth-order valence-corrected chi connectivity index (χ4v) is 4.77. The average molecular weight is 432 g/mol. The molecule has 3 atom stereocenters. The Bertz CT molecular complexity index is 968. The second-order valence-electron chi connectivity index (χ2n) is 7.18. The van der Waals surface area contributed by atoms with Gasteiger partial charge in [-0.05, 0) is 56.4 Å². The molecular weight excluding hydrogens is 410 g/mol. The normalized spacial score (nSPS) is 24.8. The van der Waals surface area contributed by atoms with Crippen molar-refractivity contribution in [1.82, 2.24) is 10.2 Å². The van der Waals surface area contributed by atoms with Crippen LogP contribution < -0.4 is 20.1 Å². The summed E-state index contributed by atoms with van der Waals surface area (Å²) in [5, 5.41) is 7.51. The number of methoxy groups -OCH3 is 1. The molecule has 2 aromatic rings. The van der Waals surface area contributed by atoms with Gasteiger partial charge >= 0.3 is 0 Å². The Morgan fingerprint density at radius 2 is 2.07 bits per heavy atom. The lowest BCUT2D eigenvalue weighted by molar-refractivity contribution is -0.149. The third-order valence-corrected chi connectivity index (χ3v) is 6.14. The van der Waals surface area contributed by atoms with E-state index in [0.29, 0.717) is 33.9 Å². The molecule has 2 bridgehead atoms. The van der Waals surface area contributed by atoms with Crippen molar-refractivity contribution in [2.24, 2.45) is 5.92 Å². The van der Waals surface area contributed by atoms with Crippen molar-refractivity contribution in [2.75, 3.05) is 19.0 Å². The van der Waals surface area contributed by atoms with Crippen LogP contribution in [0.25, 0.3) is 0 Å². The predicted octanol–water partition coefficient (Wildman–Crippen LogP) is 3.96. The largest absolute Gasteiger partial charge is 0.493 e. The number of fused-ring (bicyclic) bond motifs is 4. The fraction of sp³-hybridized carbons (Fsp3) is 0.333. The van der Waals surface area contributed by atoms with Gasteiger partial charge in [-0.15, -0.1) is 0 Å². The van der Waals surface area contributed by atoms with Gasteiger partial charge in [-0.2, -0.15) is 0 Å². The predicted molar refractivity (Wildman–Crippen MR) is 116 cm³/mol. The van der Waals surface area contributed by atoms with Gasteiger partial charge in [0.25, 0.3) is 0 Å². The molecule has 0 unspecified atom stereocenters. The maximum Gasteiger partial charge on any atom is 0.236 e. The molecule has 4 rings (SSSR count). The minimum absolute atomic E-state index is 0.165. The third kappa shape index (κ3) is 3.18. The third-order valence-electron chi connectivity index (χ3n) is 5.55. The Balaban J connectivity index is 1.78. The number of para-hydroxylation sites is 1. The molecule has 0 spiro atoms. The van der Waals surface area contributed by atoms with Crippen molar-refractivity contribution in [1.29, 1.82) is 0 Å². The summed E-state index contributed by atoms with van der Waals surface area (Å²) in [5.41, 5.74) is 0.541. The summed E-state index contributed by atoms with van der Waals surface area (Å²) in [5.74, 6) is 0.540. The molecule has 152 valence electrons. The summed E-state index contributed by atoms with van der Waals surface area (Å²) in [4.78, 5) is 15.3. The Labute approximate surface area is 180 Å². The van der Waals surface area contributed by atoms with Gasteiger partial charge in [0.2, 0.25) is 5.91 Å². The van der Waals surface area contributed by atoms with Crippen molar-refractivity contribution < 1.29 is 14.3 Å². The molecule has 0 aromatic heterocycles. The maximum atomic E-state index is 13.4. The fourth-order valence-electron chi connectivity index (χ4n) is 4.21. The van der Waals surface area contributed by atoms with Crippen molar-refractivity contribution in [2.45, 2.75) is 25.6 Å². The highest BCUT2D eigenvalue weighted by Crippen LogP contribution is 2.51. The second kappa shape index (κ2) is 7.39. The number of rotatable bonds is 4. The molecule has 2 aliphatic heterocycles. The van der Waals surface area contributed by atoms with Crippen LogP contribution in [0, 0.1) is 5.92 Å². The first kappa shape index (κ1) is 19.8. The monoisotopic (exact) mass is 431 g/mol. The van der Waals surface area contributed by atoms with Gasteiger partial charge in [0.05, 0.1) is 13.2 Å². The topological polar surface area (TPSA) is 62.8 Å². The number of nitrogens with zero attached hydrogens (tertiary/aromatic N) is 1. The van der Waals surface area contributed by atoms with Crippen molar-refractivity contribution in [3.63, 3.8) is 0 Å². The van der Waals surface area contributed by atoms with Crippen LogP contribution in [0.1, 0.15) is 25.5 Å². The van der Waals surface area contributed by atoms with E-state index in [1.807, 2.05) is 36.9 Å². The summed E-state index contributed by atoms with van der Waals surface area (Å²) >= 11 is 11.5. The number of carbonyl (C=O) groups is 1. The van der Waals surface area contributed by atoms with Crippen LogP contribution in [0.3, 0.4) is 0 Å². The van der Waals surface area contributed by atoms with Crippen molar-refractivity contribution in [3.05, 3.63) is 53.1 Å². The molecule has 2 aromatic carbocycles. The van der Waals surface area contributed by atoms with Gasteiger partial charge in [-0.1, -0.05) is 23.7 Å². The summed E-state index contributed by atoms with van der Waals surface area (Å²) in [6.07, 6.45) is 0. The van der Waals surface area contributed by atoms with Crippen LogP contribution in [0.4, 0.5) is 5.69 Å². The number of thiocarbonyl (C=S) groups is 1. The second-order valence-corrected chi connectivity index (χ2v) is 8.00. The number of nitrogens with one attached hydrogen (secondary N) is 2. The Hall–Kier alpha value is -2.51. The zero-order valence-electron chi connectivity index (χ0n) is 16.4. The maximum absolute atomic E-state index is 13.4. The Morgan fingerprint density at radius 3 is 2.72 bits per heavy atom. The first-order valence-electron chi connectivity index (χ1n) is 9.39. The molecule has 1 fully saturated rings. The summed E-state index contributed by atoms with van der Waals surface area (Å²) in [6, 6.07) is 12.3. The molecule has 0 saturated carbocycles. The lowest BCUT2D eigenvalue weighted by atomic mass is 9.78. The van der Waals surface area contributed by atoms with Crippen LogP contribution in [-0.2, 0) is 4.79 Å². The first-order valence-corrected chi connectivity index (χ1v) is 10.2. The van der Waals surface area contributed by atoms with E-state index in [0.717, 1.165) is 5.56 Å². The highest BCUT2D eigenvalue weighted by atomic mass is 35.5. The smallest absolute Gasteiger partial charge is 0.236 e. The Kier molecular flexibility index (Phi) is 5.04.